The van der Waals surface area contributed by atoms with Crippen LogP contribution in [-0.4, -0.2) is 12.9 Å². The molecule has 104 valence electrons. The maximum atomic E-state index is 12.4. The van der Waals surface area contributed by atoms with Crippen LogP contribution in [0.4, 0.5) is 5.69 Å². The molecule has 2 aromatic rings. The number of benzene rings is 2. The standard InChI is InChI=1S/C16H16BrNO2/c1-10-3-4-16(20-2)12(5-10)8-15(19)11-6-13(17)9-14(18)7-11/h3-7,9H,8,18H2,1-2H3. The van der Waals surface area contributed by atoms with Gasteiger partial charge in [-0.05, 0) is 31.2 Å². The monoisotopic (exact) mass is 333 g/mol. The van der Waals surface area contributed by atoms with Crippen molar-refractivity contribution in [3.05, 3.63) is 57.6 Å². The van der Waals surface area contributed by atoms with Gasteiger partial charge in [-0.25, -0.2) is 0 Å². The van der Waals surface area contributed by atoms with Gasteiger partial charge in [0, 0.05) is 27.7 Å². The molecule has 0 saturated heterocycles. The fourth-order valence-corrected chi connectivity index (χ4v) is 2.60. The van der Waals surface area contributed by atoms with Gasteiger partial charge in [-0.2, -0.15) is 0 Å². The van der Waals surface area contributed by atoms with Crippen LogP contribution in [0.3, 0.4) is 0 Å². The third kappa shape index (κ3) is 3.39. The summed E-state index contributed by atoms with van der Waals surface area (Å²) in [6, 6.07) is 11.1. The van der Waals surface area contributed by atoms with Crippen LogP contribution in [0, 0.1) is 6.92 Å². The Morgan fingerprint density at radius 1 is 1.25 bits per heavy atom. The number of aryl methyl sites for hydroxylation is 1. The molecule has 0 aromatic heterocycles. The molecule has 2 aromatic carbocycles. The summed E-state index contributed by atoms with van der Waals surface area (Å²) in [5, 5.41) is 0. The van der Waals surface area contributed by atoms with Gasteiger partial charge in [0.1, 0.15) is 5.75 Å². The van der Waals surface area contributed by atoms with Crippen molar-refractivity contribution in [2.75, 3.05) is 12.8 Å². The lowest BCUT2D eigenvalue weighted by molar-refractivity contribution is 0.0992. The van der Waals surface area contributed by atoms with E-state index >= 15 is 0 Å². The fourth-order valence-electron chi connectivity index (χ4n) is 2.09. The van der Waals surface area contributed by atoms with Crippen molar-refractivity contribution in [2.45, 2.75) is 13.3 Å². The van der Waals surface area contributed by atoms with Crippen molar-refractivity contribution in [1.29, 1.82) is 0 Å². The molecule has 0 saturated carbocycles. The molecule has 0 fully saturated rings. The maximum absolute atomic E-state index is 12.4. The molecule has 0 aliphatic rings. The van der Waals surface area contributed by atoms with Crippen molar-refractivity contribution in [3.63, 3.8) is 0 Å². The molecule has 0 amide bonds. The van der Waals surface area contributed by atoms with Crippen LogP contribution in [0.1, 0.15) is 21.5 Å². The minimum atomic E-state index is 0.0156. The second kappa shape index (κ2) is 6.09. The maximum Gasteiger partial charge on any atom is 0.167 e. The Labute approximate surface area is 126 Å². The zero-order chi connectivity index (χ0) is 14.7. The van der Waals surface area contributed by atoms with Crippen LogP contribution in [0.15, 0.2) is 40.9 Å². The number of anilines is 1. The number of hydrogen-bond donors (Lipinski definition) is 1. The predicted molar refractivity (Wildman–Crippen MR) is 84.3 cm³/mol. The molecule has 2 N–H and O–H groups in total. The first-order valence-corrected chi connectivity index (χ1v) is 7.01. The smallest absolute Gasteiger partial charge is 0.167 e. The molecule has 0 aliphatic carbocycles. The molecule has 0 radical (unpaired) electrons. The minimum absolute atomic E-state index is 0.0156. The molecule has 0 atom stereocenters. The molecular weight excluding hydrogens is 318 g/mol. The van der Waals surface area contributed by atoms with E-state index in [0.717, 1.165) is 21.3 Å². The number of Topliss-reactive ketones (excluding diaryl/α,β-unsaturated/α-hetero) is 1. The lowest BCUT2D eigenvalue weighted by Crippen LogP contribution is -2.06. The summed E-state index contributed by atoms with van der Waals surface area (Å²) in [6.45, 7) is 1.99. The van der Waals surface area contributed by atoms with Crippen LogP contribution in [0.2, 0.25) is 0 Å². The average molecular weight is 334 g/mol. The highest BCUT2D eigenvalue weighted by Crippen LogP contribution is 2.23. The summed E-state index contributed by atoms with van der Waals surface area (Å²) in [7, 11) is 1.61. The van der Waals surface area contributed by atoms with Crippen LogP contribution in [-0.2, 0) is 6.42 Å². The number of nitrogen functional groups attached to an aromatic ring is 1. The molecule has 0 heterocycles. The summed E-state index contributed by atoms with van der Waals surface area (Å²) in [5.74, 6) is 0.744. The molecule has 20 heavy (non-hydrogen) atoms. The number of carbonyl (C=O) groups is 1. The van der Waals surface area contributed by atoms with E-state index in [1.54, 1.807) is 25.3 Å². The predicted octanol–water partition coefficient (Wildman–Crippen LogP) is 3.77. The number of nitrogens with two attached hydrogens (primary N) is 1. The zero-order valence-corrected chi connectivity index (χ0v) is 13.0. The molecule has 2 rings (SSSR count). The lowest BCUT2D eigenvalue weighted by atomic mass is 10.0. The highest BCUT2D eigenvalue weighted by atomic mass is 79.9. The molecular formula is C16H16BrNO2. The quantitative estimate of drug-likeness (QED) is 0.684. The Bertz CT molecular complexity index is 633. The molecule has 0 bridgehead atoms. The van der Waals surface area contributed by atoms with Gasteiger partial charge >= 0.3 is 0 Å². The van der Waals surface area contributed by atoms with Crippen LogP contribution < -0.4 is 10.5 Å². The number of methoxy groups -OCH3 is 1. The van der Waals surface area contributed by atoms with E-state index in [4.69, 9.17) is 10.5 Å². The van der Waals surface area contributed by atoms with Crippen LogP contribution in [0.5, 0.6) is 5.75 Å². The van der Waals surface area contributed by atoms with Gasteiger partial charge in [0.2, 0.25) is 0 Å². The van der Waals surface area contributed by atoms with Crippen LogP contribution in [0.25, 0.3) is 0 Å². The first-order chi connectivity index (χ1) is 9.49. The summed E-state index contributed by atoms with van der Waals surface area (Å²) in [4.78, 5) is 12.4. The number of ketones is 1. The second-order valence-corrected chi connectivity index (χ2v) is 5.60. The zero-order valence-electron chi connectivity index (χ0n) is 11.4. The van der Waals surface area contributed by atoms with Crippen molar-refractivity contribution in [3.8, 4) is 5.75 Å². The fraction of sp³-hybridized carbons (Fsp3) is 0.188. The Hall–Kier alpha value is -1.81. The first kappa shape index (κ1) is 14.6. The highest BCUT2D eigenvalue weighted by molar-refractivity contribution is 9.10. The van der Waals surface area contributed by atoms with E-state index in [1.807, 2.05) is 25.1 Å². The van der Waals surface area contributed by atoms with Gasteiger partial charge in [-0.15, -0.1) is 0 Å². The van der Waals surface area contributed by atoms with E-state index < -0.39 is 0 Å². The Balaban J connectivity index is 2.29. The molecule has 3 nitrogen and oxygen atoms in total. The van der Waals surface area contributed by atoms with Crippen LogP contribution >= 0.6 is 15.9 Å². The Morgan fingerprint density at radius 2 is 2.00 bits per heavy atom. The van der Waals surface area contributed by atoms with Gasteiger partial charge in [0.25, 0.3) is 0 Å². The third-order valence-electron chi connectivity index (χ3n) is 3.03. The number of carbonyl (C=O) groups excluding carboxylic acids is 1. The number of hydrogen-bond acceptors (Lipinski definition) is 3. The van der Waals surface area contributed by atoms with Gasteiger partial charge in [0.15, 0.2) is 5.78 Å². The number of ether oxygens (including phenoxy) is 1. The average Bonchev–Trinajstić information content (AvgIpc) is 2.37. The van der Waals surface area contributed by atoms with E-state index in [1.165, 1.54) is 0 Å². The topological polar surface area (TPSA) is 52.3 Å². The highest BCUT2D eigenvalue weighted by Gasteiger charge is 2.12. The Morgan fingerprint density at radius 3 is 2.65 bits per heavy atom. The van der Waals surface area contributed by atoms with Crippen molar-refractivity contribution < 1.29 is 9.53 Å². The first-order valence-electron chi connectivity index (χ1n) is 6.22. The minimum Gasteiger partial charge on any atom is -0.496 e. The second-order valence-electron chi connectivity index (χ2n) is 4.69. The Kier molecular flexibility index (Phi) is 4.45. The summed E-state index contributed by atoms with van der Waals surface area (Å²) < 4.78 is 6.10. The number of halogens is 1. The van der Waals surface area contributed by atoms with E-state index in [2.05, 4.69) is 15.9 Å². The summed E-state index contributed by atoms with van der Waals surface area (Å²) in [5.41, 5.74) is 8.91. The summed E-state index contributed by atoms with van der Waals surface area (Å²) in [6.07, 6.45) is 0.292. The normalized spacial score (nSPS) is 10.3. The van der Waals surface area contributed by atoms with Gasteiger partial charge < -0.3 is 10.5 Å². The van der Waals surface area contributed by atoms with Crippen molar-refractivity contribution in [2.24, 2.45) is 0 Å². The third-order valence-corrected chi connectivity index (χ3v) is 3.49. The van der Waals surface area contributed by atoms with Crippen molar-refractivity contribution in [1.82, 2.24) is 0 Å². The van der Waals surface area contributed by atoms with E-state index in [-0.39, 0.29) is 5.78 Å². The largest absolute Gasteiger partial charge is 0.496 e. The van der Waals surface area contributed by atoms with Gasteiger partial charge in [-0.1, -0.05) is 33.6 Å². The van der Waals surface area contributed by atoms with E-state index in [9.17, 15) is 4.79 Å². The lowest BCUT2D eigenvalue weighted by Gasteiger charge is -2.09. The molecule has 4 heteroatoms. The molecule has 0 aliphatic heterocycles. The van der Waals surface area contributed by atoms with Gasteiger partial charge in [-0.3, -0.25) is 4.79 Å². The number of rotatable bonds is 4. The van der Waals surface area contributed by atoms with Gasteiger partial charge in [0.05, 0.1) is 7.11 Å². The molecule has 0 spiro atoms. The SMILES string of the molecule is COc1ccc(C)cc1CC(=O)c1cc(N)cc(Br)c1. The van der Waals surface area contributed by atoms with E-state index in [0.29, 0.717) is 17.7 Å². The molecule has 0 unspecified atom stereocenters. The van der Waals surface area contributed by atoms with Crippen molar-refractivity contribution >= 4 is 27.4 Å². The summed E-state index contributed by atoms with van der Waals surface area (Å²) >= 11 is 3.35.